The smallest absolute Gasteiger partial charge is 0.147 e. The second kappa shape index (κ2) is 5.05. The highest BCUT2D eigenvalue weighted by molar-refractivity contribution is 7.14. The van der Waals surface area contributed by atoms with Crippen LogP contribution in [0.2, 0.25) is 0 Å². The third-order valence-corrected chi connectivity index (χ3v) is 3.06. The number of rotatable bonds is 4. The van der Waals surface area contributed by atoms with Gasteiger partial charge >= 0.3 is 0 Å². The van der Waals surface area contributed by atoms with Gasteiger partial charge in [0.05, 0.1) is 0 Å². The molecule has 1 aromatic heterocycles. The van der Waals surface area contributed by atoms with Crippen molar-refractivity contribution in [3.63, 3.8) is 0 Å². The van der Waals surface area contributed by atoms with Crippen molar-refractivity contribution in [1.82, 2.24) is 15.5 Å². The van der Waals surface area contributed by atoms with Crippen molar-refractivity contribution in [3.05, 3.63) is 29.3 Å². The zero-order valence-electron chi connectivity index (χ0n) is 8.97. The summed E-state index contributed by atoms with van der Waals surface area (Å²) in [6.07, 6.45) is 0. The van der Waals surface area contributed by atoms with Crippen LogP contribution in [-0.2, 0) is 6.54 Å². The van der Waals surface area contributed by atoms with Gasteiger partial charge in [0.25, 0.3) is 0 Å². The summed E-state index contributed by atoms with van der Waals surface area (Å²) in [6.45, 7) is 3.71. The van der Waals surface area contributed by atoms with Gasteiger partial charge in [-0.1, -0.05) is 30.4 Å². The molecule has 0 spiro atoms. The average molecular weight is 235 g/mol. The van der Waals surface area contributed by atoms with Crippen LogP contribution in [0.4, 0.5) is 0 Å². The molecular formula is C11H13N3OS. The fraction of sp³-hybridized carbons (Fsp3) is 0.273. The number of hydrogen-bond acceptors (Lipinski definition) is 5. The van der Waals surface area contributed by atoms with E-state index in [9.17, 15) is 5.11 Å². The molecule has 0 atom stereocenters. The van der Waals surface area contributed by atoms with E-state index in [0.29, 0.717) is 0 Å². The lowest BCUT2D eigenvalue weighted by molar-refractivity contribution is 0.475. The second-order valence-corrected chi connectivity index (χ2v) is 4.39. The Bertz CT molecular complexity index is 470. The van der Waals surface area contributed by atoms with Crippen LogP contribution in [0.3, 0.4) is 0 Å². The second-order valence-electron chi connectivity index (χ2n) is 3.33. The van der Waals surface area contributed by atoms with E-state index in [1.165, 1.54) is 11.3 Å². The molecule has 4 nitrogen and oxygen atoms in total. The summed E-state index contributed by atoms with van der Waals surface area (Å²) in [5.74, 6) is 0.251. The summed E-state index contributed by atoms with van der Waals surface area (Å²) in [5.41, 5.74) is 0.903. The molecule has 0 amide bonds. The molecular weight excluding hydrogens is 222 g/mol. The molecule has 2 N–H and O–H groups in total. The minimum Gasteiger partial charge on any atom is -0.508 e. The average Bonchev–Trinajstić information content (AvgIpc) is 2.75. The molecule has 0 saturated carbocycles. The number of nitrogens with one attached hydrogen (secondary N) is 1. The van der Waals surface area contributed by atoms with Crippen LogP contribution in [0.5, 0.6) is 5.75 Å². The Hall–Kier alpha value is -1.46. The van der Waals surface area contributed by atoms with Crippen molar-refractivity contribution in [2.24, 2.45) is 0 Å². The Morgan fingerprint density at radius 2 is 2.25 bits per heavy atom. The molecule has 1 heterocycles. The molecule has 0 saturated heterocycles. The number of phenolic OH excluding ortho intramolecular Hbond substituents is 1. The molecule has 0 aliphatic carbocycles. The maximum atomic E-state index is 9.37. The van der Waals surface area contributed by atoms with Gasteiger partial charge in [-0.2, -0.15) is 0 Å². The van der Waals surface area contributed by atoms with Gasteiger partial charge in [0.2, 0.25) is 0 Å². The molecule has 0 fully saturated rings. The summed E-state index contributed by atoms with van der Waals surface area (Å²) >= 11 is 1.54. The summed E-state index contributed by atoms with van der Waals surface area (Å²) in [5, 5.41) is 22.5. The Labute approximate surface area is 98.0 Å². The Morgan fingerprint density at radius 1 is 1.38 bits per heavy atom. The van der Waals surface area contributed by atoms with Crippen LogP contribution in [0.1, 0.15) is 11.9 Å². The lowest BCUT2D eigenvalue weighted by Crippen LogP contribution is -2.11. The molecule has 1 aromatic carbocycles. The van der Waals surface area contributed by atoms with Crippen molar-refractivity contribution in [3.8, 4) is 16.3 Å². The molecule has 5 heteroatoms. The number of aromatic hydroxyl groups is 1. The van der Waals surface area contributed by atoms with E-state index in [1.807, 2.05) is 6.07 Å². The quantitative estimate of drug-likeness (QED) is 0.851. The van der Waals surface area contributed by atoms with Gasteiger partial charge in [0.15, 0.2) is 0 Å². The van der Waals surface area contributed by atoms with Crippen molar-refractivity contribution >= 4 is 11.3 Å². The van der Waals surface area contributed by atoms with E-state index < -0.39 is 0 Å². The zero-order chi connectivity index (χ0) is 11.4. The van der Waals surface area contributed by atoms with Gasteiger partial charge in [0.1, 0.15) is 15.8 Å². The highest BCUT2D eigenvalue weighted by Gasteiger charge is 2.06. The highest BCUT2D eigenvalue weighted by atomic mass is 32.1. The van der Waals surface area contributed by atoms with Gasteiger partial charge in [-0.15, -0.1) is 10.2 Å². The van der Waals surface area contributed by atoms with Crippen molar-refractivity contribution in [1.29, 1.82) is 0 Å². The molecule has 0 unspecified atom stereocenters. The van der Waals surface area contributed by atoms with Crippen LogP contribution in [0, 0.1) is 0 Å². The third-order valence-electron chi connectivity index (χ3n) is 2.09. The van der Waals surface area contributed by atoms with E-state index in [-0.39, 0.29) is 5.75 Å². The predicted molar refractivity (Wildman–Crippen MR) is 64.4 cm³/mol. The fourth-order valence-electron chi connectivity index (χ4n) is 1.31. The van der Waals surface area contributed by atoms with E-state index in [2.05, 4.69) is 22.4 Å². The van der Waals surface area contributed by atoms with Crippen LogP contribution >= 0.6 is 11.3 Å². The number of nitrogens with zero attached hydrogens (tertiary/aromatic N) is 2. The highest BCUT2D eigenvalue weighted by Crippen LogP contribution is 2.25. The van der Waals surface area contributed by atoms with Gasteiger partial charge in [-0.3, -0.25) is 0 Å². The van der Waals surface area contributed by atoms with Crippen LogP contribution in [0.15, 0.2) is 24.3 Å². The lowest BCUT2D eigenvalue weighted by Gasteiger charge is -1.96. The van der Waals surface area contributed by atoms with Crippen molar-refractivity contribution in [2.45, 2.75) is 13.5 Å². The molecule has 2 aromatic rings. The normalized spacial score (nSPS) is 10.6. The molecule has 0 radical (unpaired) electrons. The van der Waals surface area contributed by atoms with E-state index >= 15 is 0 Å². The third kappa shape index (κ3) is 2.56. The van der Waals surface area contributed by atoms with Gasteiger partial charge in [-0.25, -0.2) is 0 Å². The maximum absolute atomic E-state index is 9.37. The Morgan fingerprint density at radius 3 is 3.00 bits per heavy atom. The summed E-state index contributed by atoms with van der Waals surface area (Å²) in [4.78, 5) is 0. The molecule has 0 aliphatic heterocycles. The first kappa shape index (κ1) is 11.0. The van der Waals surface area contributed by atoms with Gasteiger partial charge in [-0.05, 0) is 18.7 Å². The first-order valence-electron chi connectivity index (χ1n) is 5.12. The monoisotopic (exact) mass is 235 g/mol. The number of aromatic nitrogens is 2. The lowest BCUT2D eigenvalue weighted by atomic mass is 10.2. The first-order chi connectivity index (χ1) is 7.79. The molecule has 0 bridgehead atoms. The largest absolute Gasteiger partial charge is 0.508 e. The van der Waals surface area contributed by atoms with Crippen LogP contribution in [-0.4, -0.2) is 21.8 Å². The number of benzene rings is 1. The van der Waals surface area contributed by atoms with Gasteiger partial charge < -0.3 is 10.4 Å². The topological polar surface area (TPSA) is 58.0 Å². The molecule has 16 heavy (non-hydrogen) atoms. The van der Waals surface area contributed by atoms with Crippen LogP contribution in [0.25, 0.3) is 10.6 Å². The summed E-state index contributed by atoms with van der Waals surface area (Å²) in [6, 6.07) is 7.05. The fourth-order valence-corrected chi connectivity index (χ4v) is 2.12. The first-order valence-corrected chi connectivity index (χ1v) is 5.93. The predicted octanol–water partition coefficient (Wildman–Crippen LogP) is 2.02. The van der Waals surface area contributed by atoms with Crippen molar-refractivity contribution < 1.29 is 5.11 Å². The van der Waals surface area contributed by atoms with Crippen LogP contribution < -0.4 is 5.32 Å². The minimum absolute atomic E-state index is 0.251. The van der Waals surface area contributed by atoms with Gasteiger partial charge in [0, 0.05) is 12.1 Å². The van der Waals surface area contributed by atoms with Crippen molar-refractivity contribution in [2.75, 3.05) is 6.54 Å². The molecule has 84 valence electrons. The Balaban J connectivity index is 2.18. The molecule has 0 aliphatic rings. The summed E-state index contributed by atoms with van der Waals surface area (Å²) in [7, 11) is 0. The molecule has 2 rings (SSSR count). The summed E-state index contributed by atoms with van der Waals surface area (Å²) < 4.78 is 0. The zero-order valence-corrected chi connectivity index (χ0v) is 9.79. The number of phenols is 1. The number of hydrogen-bond donors (Lipinski definition) is 2. The Kier molecular flexibility index (Phi) is 3.48. The van der Waals surface area contributed by atoms with E-state index in [4.69, 9.17) is 0 Å². The van der Waals surface area contributed by atoms with E-state index in [1.54, 1.807) is 18.2 Å². The minimum atomic E-state index is 0.251. The maximum Gasteiger partial charge on any atom is 0.147 e. The SMILES string of the molecule is CCNCc1nnc(-c2cccc(O)c2)s1. The standard InChI is InChI=1S/C11H13N3OS/c1-2-12-7-10-13-14-11(16-10)8-4-3-5-9(15)6-8/h3-6,12,15H,2,7H2,1H3. The van der Waals surface area contributed by atoms with E-state index in [0.717, 1.165) is 28.7 Å².